The van der Waals surface area contributed by atoms with Gasteiger partial charge in [0, 0.05) is 17.0 Å². The number of pyridine rings is 1. The van der Waals surface area contributed by atoms with E-state index in [9.17, 15) is 0 Å². The van der Waals surface area contributed by atoms with Crippen molar-refractivity contribution in [1.29, 1.82) is 0 Å². The van der Waals surface area contributed by atoms with Crippen LogP contribution in [0.5, 0.6) is 0 Å². The van der Waals surface area contributed by atoms with E-state index >= 15 is 0 Å². The minimum Gasteiger partial charge on any atom is -0.280 e. The van der Waals surface area contributed by atoms with Crippen molar-refractivity contribution >= 4 is 33.7 Å². The van der Waals surface area contributed by atoms with Gasteiger partial charge in [-0.15, -0.1) is 0 Å². The monoisotopic (exact) mass is 337 g/mol. The Hall–Kier alpha value is -2.40. The number of imidazole rings is 1. The molecule has 0 atom stereocenters. The fourth-order valence-electron chi connectivity index (χ4n) is 3.44. The minimum atomic E-state index is 0.498. The highest BCUT2D eigenvalue weighted by Gasteiger charge is 2.27. The van der Waals surface area contributed by atoms with Gasteiger partial charge < -0.3 is 0 Å². The first kappa shape index (κ1) is 14.0. The molecular weight excluding hydrogens is 322 g/mol. The molecule has 5 rings (SSSR count). The number of hydrogen-bond donors (Lipinski definition) is 1. The normalized spacial score (nSPS) is 15.2. The third-order valence-electron chi connectivity index (χ3n) is 4.95. The molecule has 1 aliphatic carbocycles. The zero-order chi connectivity index (χ0) is 16.3. The molecular formula is C18H16ClN5. The second-order valence-electron chi connectivity index (χ2n) is 6.51. The predicted octanol–water partition coefficient (Wildman–Crippen LogP) is 4.53. The standard InChI is InChI=1S/C18H16ClN5/c1-10-7-15(19)21-18-16(10)22-17(11-3-2-4-11)24(18)13-5-6-14-12(8-13)9-20-23-14/h5-9,11H,2-4H2,1H3,(H,20,23). The highest BCUT2D eigenvalue weighted by molar-refractivity contribution is 6.29. The number of rotatable bonds is 2. The number of hydrogen-bond acceptors (Lipinski definition) is 3. The summed E-state index contributed by atoms with van der Waals surface area (Å²) < 4.78 is 2.17. The van der Waals surface area contributed by atoms with Crippen molar-refractivity contribution in [1.82, 2.24) is 24.7 Å². The van der Waals surface area contributed by atoms with E-state index in [0.29, 0.717) is 11.1 Å². The van der Waals surface area contributed by atoms with Crippen molar-refractivity contribution in [3.8, 4) is 5.69 Å². The summed E-state index contributed by atoms with van der Waals surface area (Å²) >= 11 is 6.23. The molecule has 3 aromatic heterocycles. The average molecular weight is 338 g/mol. The van der Waals surface area contributed by atoms with E-state index in [-0.39, 0.29) is 0 Å². The Kier molecular flexibility index (Phi) is 2.94. The average Bonchev–Trinajstić information content (AvgIpc) is 3.09. The number of nitrogens with one attached hydrogen (secondary N) is 1. The van der Waals surface area contributed by atoms with Gasteiger partial charge in [0.1, 0.15) is 16.5 Å². The van der Waals surface area contributed by atoms with Crippen LogP contribution in [0.25, 0.3) is 27.8 Å². The summed E-state index contributed by atoms with van der Waals surface area (Å²) in [5.74, 6) is 1.59. The second-order valence-corrected chi connectivity index (χ2v) is 6.90. The van der Waals surface area contributed by atoms with E-state index in [4.69, 9.17) is 16.6 Å². The van der Waals surface area contributed by atoms with Crippen LogP contribution in [-0.2, 0) is 0 Å². The molecule has 0 spiro atoms. The third-order valence-corrected chi connectivity index (χ3v) is 5.15. The number of aromatic nitrogens is 5. The minimum absolute atomic E-state index is 0.498. The Morgan fingerprint density at radius 3 is 2.88 bits per heavy atom. The van der Waals surface area contributed by atoms with Gasteiger partial charge in [-0.1, -0.05) is 18.0 Å². The van der Waals surface area contributed by atoms with Gasteiger partial charge in [-0.3, -0.25) is 9.67 Å². The predicted molar refractivity (Wildman–Crippen MR) is 94.9 cm³/mol. The summed E-state index contributed by atoms with van der Waals surface area (Å²) in [7, 11) is 0. The molecule has 6 heteroatoms. The smallest absolute Gasteiger partial charge is 0.166 e. The van der Waals surface area contributed by atoms with Gasteiger partial charge >= 0.3 is 0 Å². The lowest BCUT2D eigenvalue weighted by atomic mass is 9.85. The molecule has 1 aromatic carbocycles. The van der Waals surface area contributed by atoms with Gasteiger partial charge in [0.2, 0.25) is 0 Å². The molecule has 1 aliphatic rings. The lowest BCUT2D eigenvalue weighted by Crippen LogP contribution is -2.14. The van der Waals surface area contributed by atoms with Crippen LogP contribution in [0.2, 0.25) is 5.15 Å². The summed E-state index contributed by atoms with van der Waals surface area (Å²) in [6.07, 6.45) is 5.47. The fraction of sp³-hybridized carbons (Fsp3) is 0.278. The number of H-pyrrole nitrogens is 1. The number of nitrogens with zero attached hydrogens (tertiary/aromatic N) is 4. The van der Waals surface area contributed by atoms with Crippen LogP contribution < -0.4 is 0 Å². The van der Waals surface area contributed by atoms with Crippen LogP contribution in [-0.4, -0.2) is 24.7 Å². The lowest BCUT2D eigenvalue weighted by Gasteiger charge is -2.25. The van der Waals surface area contributed by atoms with Gasteiger partial charge in [-0.05, 0) is 49.6 Å². The number of fused-ring (bicyclic) bond motifs is 2. The molecule has 0 aliphatic heterocycles. The SMILES string of the molecule is Cc1cc(Cl)nc2c1nc(C1CCC1)n2-c1ccc2[nH]ncc2c1. The molecule has 0 saturated heterocycles. The fourth-order valence-corrected chi connectivity index (χ4v) is 3.68. The highest BCUT2D eigenvalue weighted by atomic mass is 35.5. The van der Waals surface area contributed by atoms with Crippen LogP contribution in [0.1, 0.15) is 36.6 Å². The van der Waals surface area contributed by atoms with Gasteiger partial charge in [-0.2, -0.15) is 5.10 Å². The molecule has 1 N–H and O–H groups in total. The molecule has 5 nitrogen and oxygen atoms in total. The number of aromatic amines is 1. The topological polar surface area (TPSA) is 59.4 Å². The zero-order valence-corrected chi connectivity index (χ0v) is 14.0. The maximum atomic E-state index is 6.23. The van der Waals surface area contributed by atoms with Gasteiger partial charge in [0.15, 0.2) is 5.65 Å². The third kappa shape index (κ3) is 1.97. The number of aryl methyl sites for hydroxylation is 1. The molecule has 4 aromatic rings. The van der Waals surface area contributed by atoms with Gasteiger partial charge in [0.25, 0.3) is 0 Å². The van der Waals surface area contributed by atoms with E-state index < -0.39 is 0 Å². The quantitative estimate of drug-likeness (QED) is 0.547. The summed E-state index contributed by atoms with van der Waals surface area (Å²) in [5, 5.41) is 8.69. The van der Waals surface area contributed by atoms with Crippen molar-refractivity contribution in [3.63, 3.8) is 0 Å². The van der Waals surface area contributed by atoms with Gasteiger partial charge in [-0.25, -0.2) is 9.97 Å². The van der Waals surface area contributed by atoms with E-state index in [1.807, 2.05) is 25.3 Å². The maximum Gasteiger partial charge on any atom is 0.166 e. The molecule has 0 amide bonds. The summed E-state index contributed by atoms with van der Waals surface area (Å²) in [5.41, 5.74) is 4.92. The van der Waals surface area contributed by atoms with Crippen LogP contribution in [0.15, 0.2) is 30.5 Å². The van der Waals surface area contributed by atoms with Crippen molar-refractivity contribution < 1.29 is 0 Å². The maximum absolute atomic E-state index is 6.23. The van der Waals surface area contributed by atoms with E-state index in [2.05, 4.69) is 31.9 Å². The first-order valence-corrected chi connectivity index (χ1v) is 8.57. The van der Waals surface area contributed by atoms with Crippen LogP contribution in [0.3, 0.4) is 0 Å². The Balaban J connectivity index is 1.83. The second kappa shape index (κ2) is 5.05. The molecule has 24 heavy (non-hydrogen) atoms. The van der Waals surface area contributed by atoms with Crippen molar-refractivity contribution in [2.75, 3.05) is 0 Å². The summed E-state index contributed by atoms with van der Waals surface area (Å²) in [6, 6.07) is 8.14. The number of halogens is 1. The Morgan fingerprint density at radius 2 is 2.08 bits per heavy atom. The molecule has 1 fully saturated rings. The number of benzene rings is 1. The van der Waals surface area contributed by atoms with Crippen LogP contribution in [0.4, 0.5) is 0 Å². The molecule has 0 radical (unpaired) electrons. The van der Waals surface area contributed by atoms with Crippen LogP contribution >= 0.6 is 11.6 Å². The van der Waals surface area contributed by atoms with E-state index in [1.54, 1.807) is 0 Å². The van der Waals surface area contributed by atoms with E-state index in [0.717, 1.165) is 39.1 Å². The first-order valence-electron chi connectivity index (χ1n) is 8.20. The lowest BCUT2D eigenvalue weighted by molar-refractivity contribution is 0.399. The van der Waals surface area contributed by atoms with Crippen LogP contribution in [0, 0.1) is 6.92 Å². The van der Waals surface area contributed by atoms with E-state index in [1.165, 1.54) is 19.3 Å². The van der Waals surface area contributed by atoms with Crippen molar-refractivity contribution in [2.24, 2.45) is 0 Å². The first-order chi connectivity index (χ1) is 11.7. The Labute approximate surface area is 143 Å². The zero-order valence-electron chi connectivity index (χ0n) is 13.3. The summed E-state index contributed by atoms with van der Waals surface area (Å²) in [6.45, 7) is 2.04. The molecule has 0 unspecified atom stereocenters. The highest BCUT2D eigenvalue weighted by Crippen LogP contribution is 2.39. The Bertz CT molecular complexity index is 1070. The molecule has 1 saturated carbocycles. The molecule has 120 valence electrons. The molecule has 3 heterocycles. The Morgan fingerprint density at radius 1 is 1.21 bits per heavy atom. The van der Waals surface area contributed by atoms with Crippen molar-refractivity contribution in [2.45, 2.75) is 32.1 Å². The molecule has 0 bridgehead atoms. The summed E-state index contributed by atoms with van der Waals surface area (Å²) in [4.78, 5) is 9.52. The van der Waals surface area contributed by atoms with Crippen molar-refractivity contribution in [3.05, 3.63) is 47.0 Å². The largest absolute Gasteiger partial charge is 0.280 e. The van der Waals surface area contributed by atoms with Gasteiger partial charge in [0.05, 0.1) is 11.7 Å².